The first-order valence-corrected chi connectivity index (χ1v) is 11.4. The van der Waals surface area contributed by atoms with E-state index in [9.17, 15) is 4.79 Å². The molecule has 0 atom stereocenters. The van der Waals surface area contributed by atoms with Crippen LogP contribution in [0.3, 0.4) is 0 Å². The van der Waals surface area contributed by atoms with Gasteiger partial charge in [0.1, 0.15) is 5.82 Å². The number of amides is 1. The highest BCUT2D eigenvalue weighted by atomic mass is 32.1. The molecule has 7 heteroatoms. The number of fused-ring (bicyclic) bond motifs is 1. The molecule has 2 aromatic carbocycles. The summed E-state index contributed by atoms with van der Waals surface area (Å²) < 4.78 is 2.07. The van der Waals surface area contributed by atoms with E-state index in [2.05, 4.69) is 66.9 Å². The van der Waals surface area contributed by atoms with E-state index in [0.29, 0.717) is 6.54 Å². The second-order valence-corrected chi connectivity index (χ2v) is 8.60. The fourth-order valence-electron chi connectivity index (χ4n) is 4.12. The number of aromatic nitrogens is 3. The standard InChI is InChI=1S/C24H23N5OS/c30-23(19-8-12-28(13-9-19)22-16-25-10-11-26-22)27-24-29(14-15-31-24)17-20-6-3-5-18-4-1-2-7-21(18)20/h1-7,10-11,14-16,19H,8-9,12-13,17H2. The predicted octanol–water partition coefficient (Wildman–Crippen LogP) is 3.89. The summed E-state index contributed by atoms with van der Waals surface area (Å²) >= 11 is 1.51. The zero-order valence-corrected chi connectivity index (χ0v) is 17.9. The first kappa shape index (κ1) is 19.6. The van der Waals surface area contributed by atoms with Crippen LogP contribution in [0.1, 0.15) is 18.4 Å². The van der Waals surface area contributed by atoms with E-state index >= 15 is 0 Å². The highest BCUT2D eigenvalue weighted by Crippen LogP contribution is 2.22. The minimum atomic E-state index is -0.0407. The van der Waals surface area contributed by atoms with Crippen molar-refractivity contribution in [3.63, 3.8) is 0 Å². The molecule has 0 radical (unpaired) electrons. The van der Waals surface area contributed by atoms with Crippen molar-refractivity contribution in [1.82, 2.24) is 14.5 Å². The highest BCUT2D eigenvalue weighted by molar-refractivity contribution is 7.07. The van der Waals surface area contributed by atoms with Gasteiger partial charge in [0, 0.05) is 43.0 Å². The van der Waals surface area contributed by atoms with Crippen molar-refractivity contribution >= 4 is 33.8 Å². The zero-order chi connectivity index (χ0) is 21.0. The Kier molecular flexibility index (Phi) is 5.58. The number of hydrogen-bond acceptors (Lipinski definition) is 5. The summed E-state index contributed by atoms with van der Waals surface area (Å²) in [7, 11) is 0. The van der Waals surface area contributed by atoms with Gasteiger partial charge in [-0.3, -0.25) is 9.78 Å². The third kappa shape index (κ3) is 4.27. The van der Waals surface area contributed by atoms with Gasteiger partial charge >= 0.3 is 0 Å². The van der Waals surface area contributed by atoms with Crippen LogP contribution in [0, 0.1) is 5.92 Å². The monoisotopic (exact) mass is 429 g/mol. The molecule has 31 heavy (non-hydrogen) atoms. The fourth-order valence-corrected chi connectivity index (χ4v) is 4.85. The van der Waals surface area contributed by atoms with Gasteiger partial charge in [0.2, 0.25) is 0 Å². The molecule has 0 unspecified atom stereocenters. The van der Waals surface area contributed by atoms with Gasteiger partial charge < -0.3 is 9.47 Å². The minimum Gasteiger partial charge on any atom is -0.355 e. The first-order valence-electron chi connectivity index (χ1n) is 10.5. The van der Waals surface area contributed by atoms with Crippen molar-refractivity contribution in [2.75, 3.05) is 18.0 Å². The quantitative estimate of drug-likeness (QED) is 0.494. The maximum absolute atomic E-state index is 12.9. The number of hydrogen-bond donors (Lipinski definition) is 0. The number of carbonyl (C=O) groups excluding carboxylic acids is 1. The van der Waals surface area contributed by atoms with Gasteiger partial charge in [-0.1, -0.05) is 42.5 Å². The fraction of sp³-hybridized carbons (Fsp3) is 0.250. The molecule has 156 valence electrons. The molecule has 1 fully saturated rings. The average Bonchev–Trinajstić information content (AvgIpc) is 3.26. The molecule has 0 saturated carbocycles. The number of piperidine rings is 1. The lowest BCUT2D eigenvalue weighted by Crippen LogP contribution is -2.37. The summed E-state index contributed by atoms with van der Waals surface area (Å²) in [5.74, 6) is 0.811. The lowest BCUT2D eigenvalue weighted by Gasteiger charge is -2.30. The van der Waals surface area contributed by atoms with Gasteiger partial charge in [0.15, 0.2) is 4.80 Å². The number of rotatable bonds is 4. The van der Waals surface area contributed by atoms with Crippen LogP contribution in [0.4, 0.5) is 5.82 Å². The van der Waals surface area contributed by atoms with Gasteiger partial charge in [0.05, 0.1) is 12.7 Å². The molecule has 0 spiro atoms. The van der Waals surface area contributed by atoms with E-state index in [1.165, 1.54) is 27.7 Å². The molecule has 1 amide bonds. The Morgan fingerprint density at radius 2 is 1.94 bits per heavy atom. The van der Waals surface area contributed by atoms with Crippen molar-refractivity contribution in [3.8, 4) is 0 Å². The molecule has 0 N–H and O–H groups in total. The van der Waals surface area contributed by atoms with Gasteiger partial charge in [-0.05, 0) is 29.2 Å². The lowest BCUT2D eigenvalue weighted by atomic mass is 9.96. The van der Waals surface area contributed by atoms with Gasteiger partial charge in [-0.25, -0.2) is 4.98 Å². The SMILES string of the molecule is O=C(N=c1sccn1Cc1cccc2ccccc12)C1CCN(c2cnccn2)CC1. The largest absolute Gasteiger partial charge is 0.355 e. The molecular weight excluding hydrogens is 406 g/mol. The number of carbonyl (C=O) groups is 1. The summed E-state index contributed by atoms with van der Waals surface area (Å²) in [6.07, 6.45) is 8.73. The van der Waals surface area contributed by atoms with Crippen LogP contribution < -0.4 is 9.70 Å². The lowest BCUT2D eigenvalue weighted by molar-refractivity contribution is -0.122. The maximum Gasteiger partial charge on any atom is 0.251 e. The molecule has 6 nitrogen and oxygen atoms in total. The summed E-state index contributed by atoms with van der Waals surface area (Å²) in [6, 6.07) is 14.7. The second kappa shape index (κ2) is 8.81. The Bertz CT molecular complexity index is 1250. The van der Waals surface area contributed by atoms with Crippen LogP contribution in [-0.2, 0) is 11.3 Å². The van der Waals surface area contributed by atoms with Crippen LogP contribution >= 0.6 is 11.3 Å². The minimum absolute atomic E-state index is 0.0204. The van der Waals surface area contributed by atoms with Crippen molar-refractivity contribution in [1.29, 1.82) is 0 Å². The number of benzene rings is 2. The van der Waals surface area contributed by atoms with E-state index in [1.807, 2.05) is 11.6 Å². The molecular formula is C24H23N5OS. The van der Waals surface area contributed by atoms with E-state index in [4.69, 9.17) is 0 Å². The number of nitrogens with zero attached hydrogens (tertiary/aromatic N) is 5. The maximum atomic E-state index is 12.9. The molecule has 1 aliphatic rings. The van der Waals surface area contributed by atoms with Crippen molar-refractivity contribution in [2.45, 2.75) is 19.4 Å². The Balaban J connectivity index is 1.31. The third-order valence-corrected chi connectivity index (χ3v) is 6.60. The third-order valence-electron chi connectivity index (χ3n) is 5.80. The Morgan fingerprint density at radius 3 is 2.77 bits per heavy atom. The van der Waals surface area contributed by atoms with Crippen molar-refractivity contribution in [2.24, 2.45) is 10.9 Å². The highest BCUT2D eigenvalue weighted by Gasteiger charge is 2.25. The average molecular weight is 430 g/mol. The first-order chi connectivity index (χ1) is 15.3. The van der Waals surface area contributed by atoms with Crippen LogP contribution in [0.2, 0.25) is 0 Å². The van der Waals surface area contributed by atoms with Crippen molar-refractivity contribution < 1.29 is 4.79 Å². The molecule has 0 bridgehead atoms. The molecule has 0 aliphatic carbocycles. The van der Waals surface area contributed by atoms with Gasteiger partial charge in [-0.15, -0.1) is 11.3 Å². The van der Waals surface area contributed by atoms with Gasteiger partial charge in [0.25, 0.3) is 5.91 Å². The summed E-state index contributed by atoms with van der Waals surface area (Å²) in [5, 5.41) is 4.45. The molecule has 4 aromatic rings. The molecule has 5 rings (SSSR count). The van der Waals surface area contributed by atoms with Gasteiger partial charge in [-0.2, -0.15) is 4.99 Å². The van der Waals surface area contributed by atoms with Crippen LogP contribution in [-0.4, -0.2) is 33.5 Å². The molecule has 1 aliphatic heterocycles. The summed E-state index contributed by atoms with van der Waals surface area (Å²) in [5.41, 5.74) is 1.22. The van der Waals surface area contributed by atoms with E-state index < -0.39 is 0 Å². The molecule has 3 heterocycles. The summed E-state index contributed by atoms with van der Waals surface area (Å²) in [6.45, 7) is 2.29. The normalized spacial score (nSPS) is 15.5. The van der Waals surface area contributed by atoms with E-state index in [0.717, 1.165) is 36.6 Å². The predicted molar refractivity (Wildman–Crippen MR) is 123 cm³/mol. The van der Waals surface area contributed by atoms with Crippen molar-refractivity contribution in [3.05, 3.63) is 83.0 Å². The van der Waals surface area contributed by atoms with Crippen LogP contribution in [0.25, 0.3) is 10.8 Å². The van der Waals surface area contributed by atoms with Crippen LogP contribution in [0.15, 0.2) is 77.6 Å². The Morgan fingerprint density at radius 1 is 1.10 bits per heavy atom. The Labute approximate surface area is 184 Å². The Hall–Kier alpha value is -3.32. The molecule has 1 saturated heterocycles. The zero-order valence-electron chi connectivity index (χ0n) is 17.1. The van der Waals surface area contributed by atoms with E-state index in [1.54, 1.807) is 18.6 Å². The van der Waals surface area contributed by atoms with Crippen LogP contribution in [0.5, 0.6) is 0 Å². The topological polar surface area (TPSA) is 63.4 Å². The smallest absolute Gasteiger partial charge is 0.251 e. The summed E-state index contributed by atoms with van der Waals surface area (Å²) in [4.78, 5) is 28.9. The van der Waals surface area contributed by atoms with E-state index in [-0.39, 0.29) is 11.8 Å². The number of anilines is 1. The second-order valence-electron chi connectivity index (χ2n) is 7.73. The number of thiazole rings is 1. The molecule has 2 aromatic heterocycles.